The van der Waals surface area contributed by atoms with Gasteiger partial charge in [0.15, 0.2) is 0 Å². The predicted octanol–water partition coefficient (Wildman–Crippen LogP) is 1.65. The molecule has 18 heavy (non-hydrogen) atoms. The lowest BCUT2D eigenvalue weighted by Crippen LogP contribution is -2.33. The van der Waals surface area contributed by atoms with Gasteiger partial charge in [-0.15, -0.1) is 0 Å². The highest BCUT2D eigenvalue weighted by molar-refractivity contribution is 5.76. The van der Waals surface area contributed by atoms with Gasteiger partial charge in [-0.2, -0.15) is 0 Å². The van der Waals surface area contributed by atoms with Gasteiger partial charge in [0.05, 0.1) is 6.04 Å². The largest absolute Gasteiger partial charge is 0.350 e. The first-order valence-corrected chi connectivity index (χ1v) is 6.65. The third kappa shape index (κ3) is 3.81. The van der Waals surface area contributed by atoms with Crippen LogP contribution in [0.5, 0.6) is 0 Å². The van der Waals surface area contributed by atoms with Crippen LogP contribution in [0.3, 0.4) is 0 Å². The maximum atomic E-state index is 11.9. The standard InChI is InChI=1S/C14H21N3O/c1-11(13-4-8-16-9-5-13)17-14(18)10-12-2-6-15-7-3-12/h4-5,8-9,11-12,15H,2-3,6-7,10H2,1H3,(H,17,18). The van der Waals surface area contributed by atoms with Gasteiger partial charge < -0.3 is 10.6 Å². The summed E-state index contributed by atoms with van der Waals surface area (Å²) < 4.78 is 0. The van der Waals surface area contributed by atoms with Crippen molar-refractivity contribution in [1.29, 1.82) is 0 Å². The van der Waals surface area contributed by atoms with Crippen molar-refractivity contribution in [1.82, 2.24) is 15.6 Å². The number of hydrogen-bond acceptors (Lipinski definition) is 3. The molecule has 0 saturated carbocycles. The Balaban J connectivity index is 1.80. The van der Waals surface area contributed by atoms with E-state index < -0.39 is 0 Å². The number of hydrogen-bond donors (Lipinski definition) is 2. The summed E-state index contributed by atoms with van der Waals surface area (Å²) in [6, 6.07) is 3.94. The van der Waals surface area contributed by atoms with Gasteiger partial charge in [-0.3, -0.25) is 9.78 Å². The number of nitrogens with zero attached hydrogens (tertiary/aromatic N) is 1. The Morgan fingerprint density at radius 3 is 2.78 bits per heavy atom. The van der Waals surface area contributed by atoms with E-state index in [2.05, 4.69) is 15.6 Å². The molecule has 2 N–H and O–H groups in total. The molecule has 0 aromatic carbocycles. The summed E-state index contributed by atoms with van der Waals surface area (Å²) >= 11 is 0. The zero-order valence-corrected chi connectivity index (χ0v) is 10.9. The molecule has 1 saturated heterocycles. The molecule has 2 heterocycles. The van der Waals surface area contributed by atoms with Crippen LogP contribution in [0.4, 0.5) is 0 Å². The van der Waals surface area contributed by atoms with E-state index in [1.165, 1.54) is 0 Å². The molecule has 4 nitrogen and oxygen atoms in total. The Bertz CT molecular complexity index is 374. The highest BCUT2D eigenvalue weighted by atomic mass is 16.1. The molecular weight excluding hydrogens is 226 g/mol. The number of aromatic nitrogens is 1. The normalized spacial score (nSPS) is 18.3. The molecule has 1 unspecified atom stereocenters. The van der Waals surface area contributed by atoms with Crippen LogP contribution in [0.1, 0.15) is 37.8 Å². The van der Waals surface area contributed by atoms with Gasteiger partial charge in [-0.1, -0.05) is 0 Å². The van der Waals surface area contributed by atoms with Gasteiger partial charge in [0.1, 0.15) is 0 Å². The summed E-state index contributed by atoms with van der Waals surface area (Å²) in [5.74, 6) is 0.696. The van der Waals surface area contributed by atoms with Crippen molar-refractivity contribution >= 4 is 5.91 Å². The number of nitrogens with one attached hydrogen (secondary N) is 2. The van der Waals surface area contributed by atoms with E-state index in [1.807, 2.05) is 19.1 Å². The first-order chi connectivity index (χ1) is 8.75. The van der Waals surface area contributed by atoms with Crippen molar-refractivity contribution in [2.24, 2.45) is 5.92 Å². The highest BCUT2D eigenvalue weighted by Gasteiger charge is 2.18. The van der Waals surface area contributed by atoms with E-state index >= 15 is 0 Å². The number of amides is 1. The van der Waals surface area contributed by atoms with E-state index in [9.17, 15) is 4.79 Å². The van der Waals surface area contributed by atoms with Crippen molar-refractivity contribution in [3.05, 3.63) is 30.1 Å². The quantitative estimate of drug-likeness (QED) is 0.850. The number of carbonyl (C=O) groups excluding carboxylic acids is 1. The van der Waals surface area contributed by atoms with Gasteiger partial charge in [-0.05, 0) is 56.5 Å². The lowest BCUT2D eigenvalue weighted by atomic mass is 9.94. The van der Waals surface area contributed by atoms with Crippen LogP contribution < -0.4 is 10.6 Å². The minimum atomic E-state index is 0.0576. The van der Waals surface area contributed by atoms with E-state index in [0.717, 1.165) is 31.5 Å². The average molecular weight is 247 g/mol. The molecule has 2 rings (SSSR count). The molecule has 0 bridgehead atoms. The van der Waals surface area contributed by atoms with Crippen molar-refractivity contribution in [3.8, 4) is 0 Å². The smallest absolute Gasteiger partial charge is 0.220 e. The molecule has 0 spiro atoms. The molecule has 98 valence electrons. The topological polar surface area (TPSA) is 54.0 Å². The monoisotopic (exact) mass is 247 g/mol. The van der Waals surface area contributed by atoms with Crippen LogP contribution in [-0.2, 0) is 4.79 Å². The molecule has 4 heteroatoms. The second kappa shape index (κ2) is 6.50. The molecule has 1 aromatic heterocycles. The summed E-state index contributed by atoms with van der Waals surface area (Å²) in [4.78, 5) is 15.9. The second-order valence-electron chi connectivity index (χ2n) is 4.97. The van der Waals surface area contributed by atoms with Crippen molar-refractivity contribution in [2.45, 2.75) is 32.2 Å². The molecule has 1 fully saturated rings. The molecule has 1 aliphatic heterocycles. The van der Waals surface area contributed by atoms with Crippen molar-refractivity contribution in [3.63, 3.8) is 0 Å². The Kier molecular flexibility index (Phi) is 4.70. The Morgan fingerprint density at radius 1 is 1.44 bits per heavy atom. The lowest BCUT2D eigenvalue weighted by Gasteiger charge is -2.23. The Hall–Kier alpha value is -1.42. The maximum absolute atomic E-state index is 11.9. The summed E-state index contributed by atoms with van der Waals surface area (Å²) in [7, 11) is 0. The van der Waals surface area contributed by atoms with Crippen LogP contribution in [0.2, 0.25) is 0 Å². The van der Waals surface area contributed by atoms with Crippen molar-refractivity contribution in [2.75, 3.05) is 13.1 Å². The fourth-order valence-electron chi connectivity index (χ4n) is 2.38. The van der Waals surface area contributed by atoms with Gasteiger partial charge in [-0.25, -0.2) is 0 Å². The van der Waals surface area contributed by atoms with Crippen LogP contribution in [0, 0.1) is 5.92 Å². The van der Waals surface area contributed by atoms with Crippen LogP contribution >= 0.6 is 0 Å². The van der Waals surface area contributed by atoms with Crippen LogP contribution in [-0.4, -0.2) is 24.0 Å². The molecule has 1 atom stereocenters. The van der Waals surface area contributed by atoms with Gasteiger partial charge in [0.2, 0.25) is 5.91 Å². The van der Waals surface area contributed by atoms with Crippen LogP contribution in [0.25, 0.3) is 0 Å². The Morgan fingerprint density at radius 2 is 2.11 bits per heavy atom. The van der Waals surface area contributed by atoms with Gasteiger partial charge >= 0.3 is 0 Å². The number of rotatable bonds is 4. The molecule has 0 aliphatic carbocycles. The third-order valence-corrected chi connectivity index (χ3v) is 3.52. The van der Waals surface area contributed by atoms with Gasteiger partial charge in [0, 0.05) is 18.8 Å². The number of piperidine rings is 1. The summed E-state index contributed by atoms with van der Waals surface area (Å²) in [6.45, 7) is 4.09. The fourth-order valence-corrected chi connectivity index (χ4v) is 2.38. The zero-order chi connectivity index (χ0) is 12.8. The molecule has 0 radical (unpaired) electrons. The number of pyridine rings is 1. The van der Waals surface area contributed by atoms with E-state index in [-0.39, 0.29) is 11.9 Å². The second-order valence-corrected chi connectivity index (χ2v) is 4.97. The third-order valence-electron chi connectivity index (χ3n) is 3.52. The van der Waals surface area contributed by atoms with Gasteiger partial charge in [0.25, 0.3) is 0 Å². The van der Waals surface area contributed by atoms with Crippen molar-refractivity contribution < 1.29 is 4.79 Å². The zero-order valence-electron chi connectivity index (χ0n) is 10.9. The van der Waals surface area contributed by atoms with E-state index in [0.29, 0.717) is 12.3 Å². The minimum absolute atomic E-state index is 0.0576. The highest BCUT2D eigenvalue weighted by Crippen LogP contribution is 2.17. The summed E-state index contributed by atoms with van der Waals surface area (Å²) in [5, 5.41) is 6.37. The fraction of sp³-hybridized carbons (Fsp3) is 0.571. The summed E-state index contributed by atoms with van der Waals surface area (Å²) in [5.41, 5.74) is 1.10. The molecule has 1 aromatic rings. The molecular formula is C14H21N3O. The van der Waals surface area contributed by atoms with E-state index in [1.54, 1.807) is 12.4 Å². The molecule has 1 amide bonds. The summed E-state index contributed by atoms with van der Waals surface area (Å²) in [6.07, 6.45) is 6.38. The molecule has 1 aliphatic rings. The predicted molar refractivity (Wildman–Crippen MR) is 71.0 cm³/mol. The Labute approximate surface area is 108 Å². The average Bonchev–Trinajstić information content (AvgIpc) is 2.40. The van der Waals surface area contributed by atoms with Crippen LogP contribution in [0.15, 0.2) is 24.5 Å². The number of carbonyl (C=O) groups is 1. The maximum Gasteiger partial charge on any atom is 0.220 e. The lowest BCUT2D eigenvalue weighted by molar-refractivity contribution is -0.122. The minimum Gasteiger partial charge on any atom is -0.350 e. The first kappa shape index (κ1) is 13.0. The SMILES string of the molecule is CC(NC(=O)CC1CCNCC1)c1ccncc1. The first-order valence-electron chi connectivity index (χ1n) is 6.65. The van der Waals surface area contributed by atoms with E-state index in [4.69, 9.17) is 0 Å².